The standard InChI is InChI=1S/C11H22N4O/c1-5-15-7-6-13-10(15)9(14-12)8-11(2,3)16-4/h6-7,9,14H,5,8,12H2,1-4H3. The Kier molecular flexibility index (Phi) is 4.46. The van der Waals surface area contributed by atoms with Crippen LogP contribution in [0.15, 0.2) is 12.4 Å². The molecular formula is C11H22N4O. The first-order valence-corrected chi connectivity index (χ1v) is 5.56. The zero-order valence-corrected chi connectivity index (χ0v) is 10.5. The average Bonchev–Trinajstić information content (AvgIpc) is 2.74. The summed E-state index contributed by atoms with van der Waals surface area (Å²) in [5, 5.41) is 0. The third-order valence-electron chi connectivity index (χ3n) is 2.85. The molecule has 92 valence electrons. The lowest BCUT2D eigenvalue weighted by Crippen LogP contribution is -2.36. The minimum Gasteiger partial charge on any atom is -0.379 e. The van der Waals surface area contributed by atoms with Crippen LogP contribution in [0.4, 0.5) is 0 Å². The van der Waals surface area contributed by atoms with Gasteiger partial charge in [-0.1, -0.05) is 0 Å². The van der Waals surface area contributed by atoms with Gasteiger partial charge in [0, 0.05) is 26.0 Å². The molecule has 0 aliphatic carbocycles. The first-order chi connectivity index (χ1) is 7.54. The highest BCUT2D eigenvalue weighted by atomic mass is 16.5. The van der Waals surface area contributed by atoms with Gasteiger partial charge >= 0.3 is 0 Å². The molecule has 0 radical (unpaired) electrons. The third kappa shape index (κ3) is 3.04. The molecule has 5 nitrogen and oxygen atoms in total. The van der Waals surface area contributed by atoms with Gasteiger partial charge in [-0.15, -0.1) is 0 Å². The quantitative estimate of drug-likeness (QED) is 0.565. The van der Waals surface area contributed by atoms with Gasteiger partial charge in [-0.2, -0.15) is 0 Å². The van der Waals surface area contributed by atoms with Gasteiger partial charge in [0.05, 0.1) is 11.6 Å². The maximum atomic E-state index is 5.59. The van der Waals surface area contributed by atoms with Gasteiger partial charge in [0.15, 0.2) is 0 Å². The Morgan fingerprint density at radius 1 is 1.62 bits per heavy atom. The molecule has 1 rings (SSSR count). The number of imidazole rings is 1. The molecule has 0 bridgehead atoms. The number of rotatable bonds is 6. The second-order valence-electron chi connectivity index (χ2n) is 4.46. The Bertz CT molecular complexity index is 322. The summed E-state index contributed by atoms with van der Waals surface area (Å²) < 4.78 is 7.49. The van der Waals surface area contributed by atoms with Crippen LogP contribution in [0, 0.1) is 0 Å². The number of nitrogens with zero attached hydrogens (tertiary/aromatic N) is 2. The Hall–Kier alpha value is -0.910. The number of nitrogens with two attached hydrogens (primary N) is 1. The third-order valence-corrected chi connectivity index (χ3v) is 2.85. The molecule has 0 amide bonds. The van der Waals surface area contributed by atoms with Gasteiger partial charge in [-0.3, -0.25) is 5.84 Å². The van der Waals surface area contributed by atoms with Crippen molar-refractivity contribution in [3.8, 4) is 0 Å². The molecule has 16 heavy (non-hydrogen) atoms. The summed E-state index contributed by atoms with van der Waals surface area (Å²) in [4.78, 5) is 4.34. The highest BCUT2D eigenvalue weighted by molar-refractivity contribution is 5.00. The Morgan fingerprint density at radius 3 is 2.81 bits per heavy atom. The molecule has 0 fully saturated rings. The summed E-state index contributed by atoms with van der Waals surface area (Å²) in [6.07, 6.45) is 4.53. The first-order valence-electron chi connectivity index (χ1n) is 5.56. The Morgan fingerprint density at radius 2 is 2.31 bits per heavy atom. The number of nitrogens with one attached hydrogen (secondary N) is 1. The van der Waals surface area contributed by atoms with Gasteiger partial charge in [-0.05, 0) is 27.2 Å². The number of aryl methyl sites for hydroxylation is 1. The first kappa shape index (κ1) is 13.2. The van der Waals surface area contributed by atoms with E-state index in [-0.39, 0.29) is 11.6 Å². The lowest BCUT2D eigenvalue weighted by atomic mass is 9.98. The van der Waals surface area contributed by atoms with Crippen LogP contribution in [0.5, 0.6) is 0 Å². The van der Waals surface area contributed by atoms with Crippen LogP contribution in [-0.2, 0) is 11.3 Å². The molecule has 0 aromatic carbocycles. The molecule has 3 N–H and O–H groups in total. The van der Waals surface area contributed by atoms with Crippen LogP contribution in [0.2, 0.25) is 0 Å². The van der Waals surface area contributed by atoms with Crippen LogP contribution in [0.1, 0.15) is 39.1 Å². The second kappa shape index (κ2) is 5.43. The topological polar surface area (TPSA) is 65.1 Å². The molecule has 1 aromatic rings. The average molecular weight is 226 g/mol. The molecule has 1 aromatic heterocycles. The van der Waals surface area contributed by atoms with Crippen molar-refractivity contribution in [1.29, 1.82) is 0 Å². The van der Waals surface area contributed by atoms with Crippen molar-refractivity contribution in [2.45, 2.75) is 45.4 Å². The van der Waals surface area contributed by atoms with Crippen molar-refractivity contribution in [1.82, 2.24) is 15.0 Å². The fourth-order valence-corrected chi connectivity index (χ4v) is 1.70. The van der Waals surface area contributed by atoms with Crippen molar-refractivity contribution in [2.24, 2.45) is 5.84 Å². The maximum Gasteiger partial charge on any atom is 0.127 e. The normalized spacial score (nSPS) is 14.1. The van der Waals surface area contributed by atoms with Crippen molar-refractivity contribution >= 4 is 0 Å². The van der Waals surface area contributed by atoms with E-state index in [0.717, 1.165) is 18.8 Å². The van der Waals surface area contributed by atoms with E-state index in [1.165, 1.54) is 0 Å². The van der Waals surface area contributed by atoms with Gasteiger partial charge in [0.2, 0.25) is 0 Å². The van der Waals surface area contributed by atoms with E-state index >= 15 is 0 Å². The smallest absolute Gasteiger partial charge is 0.127 e. The van der Waals surface area contributed by atoms with Crippen molar-refractivity contribution in [3.63, 3.8) is 0 Å². The monoisotopic (exact) mass is 226 g/mol. The van der Waals surface area contributed by atoms with Crippen LogP contribution in [0.3, 0.4) is 0 Å². The summed E-state index contributed by atoms with van der Waals surface area (Å²) in [5.41, 5.74) is 2.59. The van der Waals surface area contributed by atoms with E-state index in [9.17, 15) is 0 Å². The fourth-order valence-electron chi connectivity index (χ4n) is 1.70. The molecule has 0 spiro atoms. The summed E-state index contributed by atoms with van der Waals surface area (Å²) in [6, 6.07) is 0.00454. The molecule has 0 aliphatic rings. The summed E-state index contributed by atoms with van der Waals surface area (Å²) in [5.74, 6) is 6.54. The summed E-state index contributed by atoms with van der Waals surface area (Å²) in [7, 11) is 1.71. The molecule has 5 heteroatoms. The van der Waals surface area contributed by atoms with Crippen LogP contribution < -0.4 is 11.3 Å². The molecule has 0 saturated carbocycles. The molecule has 1 atom stereocenters. The minimum absolute atomic E-state index is 0.00454. The number of hydrazine groups is 1. The van der Waals surface area contributed by atoms with Crippen molar-refractivity contribution in [3.05, 3.63) is 18.2 Å². The number of methoxy groups -OCH3 is 1. The predicted octanol–water partition coefficient (Wildman–Crippen LogP) is 1.22. The molecule has 1 heterocycles. The zero-order chi connectivity index (χ0) is 12.2. The lowest BCUT2D eigenvalue weighted by molar-refractivity contribution is 0.00581. The van der Waals surface area contributed by atoms with Gasteiger partial charge in [0.25, 0.3) is 0 Å². The lowest BCUT2D eigenvalue weighted by Gasteiger charge is -2.28. The van der Waals surface area contributed by atoms with Crippen molar-refractivity contribution < 1.29 is 4.74 Å². The molecule has 0 saturated heterocycles. The fraction of sp³-hybridized carbons (Fsp3) is 0.727. The molecule has 1 unspecified atom stereocenters. The largest absolute Gasteiger partial charge is 0.379 e. The number of hydrogen-bond acceptors (Lipinski definition) is 4. The number of hydrogen-bond donors (Lipinski definition) is 2. The van der Waals surface area contributed by atoms with E-state index in [1.807, 2.05) is 20.0 Å². The van der Waals surface area contributed by atoms with E-state index in [4.69, 9.17) is 10.6 Å². The zero-order valence-electron chi connectivity index (χ0n) is 10.5. The molecular weight excluding hydrogens is 204 g/mol. The Labute approximate surface area is 97.0 Å². The van der Waals surface area contributed by atoms with Gasteiger partial charge in [0.1, 0.15) is 5.82 Å². The van der Waals surface area contributed by atoms with Gasteiger partial charge < -0.3 is 9.30 Å². The number of aromatic nitrogens is 2. The van der Waals surface area contributed by atoms with E-state index in [2.05, 4.69) is 21.9 Å². The van der Waals surface area contributed by atoms with E-state index in [0.29, 0.717) is 0 Å². The Balaban J connectivity index is 2.82. The summed E-state index contributed by atoms with van der Waals surface area (Å²) in [6.45, 7) is 7.05. The van der Waals surface area contributed by atoms with Crippen LogP contribution in [0.25, 0.3) is 0 Å². The molecule has 0 aliphatic heterocycles. The highest BCUT2D eigenvalue weighted by Crippen LogP contribution is 2.24. The summed E-state index contributed by atoms with van der Waals surface area (Å²) >= 11 is 0. The van der Waals surface area contributed by atoms with Gasteiger partial charge in [-0.25, -0.2) is 10.4 Å². The van der Waals surface area contributed by atoms with E-state index < -0.39 is 0 Å². The minimum atomic E-state index is -0.221. The number of ether oxygens (including phenoxy) is 1. The maximum absolute atomic E-state index is 5.59. The van der Waals surface area contributed by atoms with E-state index in [1.54, 1.807) is 13.3 Å². The van der Waals surface area contributed by atoms with Crippen molar-refractivity contribution in [2.75, 3.05) is 7.11 Å². The predicted molar refractivity (Wildman–Crippen MR) is 63.7 cm³/mol. The van der Waals surface area contributed by atoms with Crippen LogP contribution >= 0.6 is 0 Å². The van der Waals surface area contributed by atoms with Crippen LogP contribution in [-0.4, -0.2) is 22.3 Å². The second-order valence-corrected chi connectivity index (χ2v) is 4.46. The highest BCUT2D eigenvalue weighted by Gasteiger charge is 2.25. The SMILES string of the molecule is CCn1ccnc1C(CC(C)(C)OC)NN.